The maximum Gasteiger partial charge on any atom is 0.145 e. The number of anilines is 2. The molecule has 0 amide bonds. The van der Waals surface area contributed by atoms with Crippen LogP contribution in [0.2, 0.25) is 5.02 Å². The molecule has 1 aliphatic rings. The highest BCUT2D eigenvalue weighted by atomic mass is 35.5. The van der Waals surface area contributed by atoms with Crippen molar-refractivity contribution < 1.29 is 13.9 Å². The molecule has 162 valence electrons. The molecule has 8 heteroatoms. The Morgan fingerprint density at radius 2 is 2.06 bits per heavy atom. The molecule has 0 radical (unpaired) electrons. The lowest BCUT2D eigenvalue weighted by Gasteiger charge is -2.31. The van der Waals surface area contributed by atoms with Crippen LogP contribution >= 0.6 is 11.6 Å². The van der Waals surface area contributed by atoms with Crippen LogP contribution in [0.15, 0.2) is 49.3 Å². The zero-order valence-electron chi connectivity index (χ0n) is 17.3. The standard InChI is InChI=1S/C23H24ClFN4O2/c1-3-8-29-9-6-16(7-10-29)31-21-13-17(30-2)12-20-22(21)23(27-14-26-20)28-15-4-5-19(25)18(24)11-15/h3-5,11-14,16H,1,6-10H2,2H3,(H,26,27,28). The zero-order chi connectivity index (χ0) is 21.8. The molecular formula is C23H24ClFN4O2. The van der Waals surface area contributed by atoms with Gasteiger partial charge >= 0.3 is 0 Å². The van der Waals surface area contributed by atoms with Crippen LogP contribution in [0.3, 0.4) is 0 Å². The number of hydrogen-bond donors (Lipinski definition) is 1. The predicted octanol–water partition coefficient (Wildman–Crippen LogP) is 5.20. The van der Waals surface area contributed by atoms with Crippen molar-refractivity contribution in [3.05, 3.63) is 60.2 Å². The van der Waals surface area contributed by atoms with Crippen molar-refractivity contribution in [2.45, 2.75) is 18.9 Å². The number of methoxy groups -OCH3 is 1. The fourth-order valence-corrected chi connectivity index (χ4v) is 3.90. The van der Waals surface area contributed by atoms with Crippen molar-refractivity contribution >= 4 is 34.0 Å². The normalized spacial score (nSPS) is 15.1. The number of rotatable bonds is 7. The molecule has 0 unspecified atom stereocenters. The van der Waals surface area contributed by atoms with E-state index in [9.17, 15) is 4.39 Å². The first-order chi connectivity index (χ1) is 15.1. The Hall–Kier alpha value is -2.90. The number of hydrogen-bond acceptors (Lipinski definition) is 6. The summed E-state index contributed by atoms with van der Waals surface area (Å²) < 4.78 is 25.4. The number of halogens is 2. The van der Waals surface area contributed by atoms with Crippen LogP contribution in [0, 0.1) is 5.82 Å². The van der Waals surface area contributed by atoms with Gasteiger partial charge in [0.1, 0.15) is 35.6 Å². The molecule has 0 atom stereocenters. The van der Waals surface area contributed by atoms with Gasteiger partial charge in [0.15, 0.2) is 0 Å². The van der Waals surface area contributed by atoms with Gasteiger partial charge in [0.2, 0.25) is 0 Å². The third-order valence-corrected chi connectivity index (χ3v) is 5.60. The first-order valence-electron chi connectivity index (χ1n) is 10.1. The molecule has 6 nitrogen and oxygen atoms in total. The molecule has 1 aliphatic heterocycles. The average molecular weight is 443 g/mol. The van der Waals surface area contributed by atoms with Gasteiger partial charge in [0.25, 0.3) is 0 Å². The molecule has 3 aromatic rings. The third kappa shape index (κ3) is 4.89. The van der Waals surface area contributed by atoms with E-state index < -0.39 is 5.82 Å². The van der Waals surface area contributed by atoms with Gasteiger partial charge in [-0.05, 0) is 31.0 Å². The average Bonchev–Trinajstić information content (AvgIpc) is 2.77. The second-order valence-corrected chi connectivity index (χ2v) is 7.81. The highest BCUT2D eigenvalue weighted by Crippen LogP contribution is 2.37. The van der Waals surface area contributed by atoms with E-state index in [1.807, 2.05) is 18.2 Å². The van der Waals surface area contributed by atoms with E-state index in [2.05, 4.69) is 26.8 Å². The van der Waals surface area contributed by atoms with E-state index in [-0.39, 0.29) is 11.1 Å². The number of piperidine rings is 1. The fourth-order valence-electron chi connectivity index (χ4n) is 3.72. The fraction of sp³-hybridized carbons (Fsp3) is 0.304. The van der Waals surface area contributed by atoms with Crippen LogP contribution in [-0.4, -0.2) is 47.7 Å². The van der Waals surface area contributed by atoms with E-state index >= 15 is 0 Å². The second-order valence-electron chi connectivity index (χ2n) is 7.40. The number of aromatic nitrogens is 2. The first-order valence-corrected chi connectivity index (χ1v) is 10.5. The minimum absolute atomic E-state index is 0.0350. The molecule has 1 saturated heterocycles. The van der Waals surface area contributed by atoms with Gasteiger partial charge in [0, 0.05) is 37.5 Å². The molecule has 1 N–H and O–H groups in total. The summed E-state index contributed by atoms with van der Waals surface area (Å²) in [5.74, 6) is 1.37. The largest absolute Gasteiger partial charge is 0.497 e. The van der Waals surface area contributed by atoms with Gasteiger partial charge in [-0.1, -0.05) is 17.7 Å². The Labute approximate surface area is 185 Å². The summed E-state index contributed by atoms with van der Waals surface area (Å²) in [5.41, 5.74) is 1.30. The molecule has 0 saturated carbocycles. The van der Waals surface area contributed by atoms with Crippen molar-refractivity contribution in [1.82, 2.24) is 14.9 Å². The second kappa shape index (κ2) is 9.49. The molecule has 31 heavy (non-hydrogen) atoms. The predicted molar refractivity (Wildman–Crippen MR) is 121 cm³/mol. The van der Waals surface area contributed by atoms with Crippen molar-refractivity contribution in [2.75, 3.05) is 32.1 Å². The van der Waals surface area contributed by atoms with E-state index in [1.165, 1.54) is 18.5 Å². The van der Waals surface area contributed by atoms with Crippen molar-refractivity contribution in [3.63, 3.8) is 0 Å². The van der Waals surface area contributed by atoms with E-state index in [0.29, 0.717) is 28.5 Å². The summed E-state index contributed by atoms with van der Waals surface area (Å²) in [4.78, 5) is 11.2. The Morgan fingerprint density at radius 1 is 1.26 bits per heavy atom. The zero-order valence-corrected chi connectivity index (χ0v) is 18.0. The van der Waals surface area contributed by atoms with Gasteiger partial charge in [-0.25, -0.2) is 14.4 Å². The van der Waals surface area contributed by atoms with Gasteiger partial charge in [0.05, 0.1) is 23.0 Å². The highest BCUT2D eigenvalue weighted by molar-refractivity contribution is 6.31. The maximum atomic E-state index is 13.5. The summed E-state index contributed by atoms with van der Waals surface area (Å²) in [6.45, 7) is 6.60. The number of fused-ring (bicyclic) bond motifs is 1. The molecule has 0 bridgehead atoms. The summed E-state index contributed by atoms with van der Waals surface area (Å²) in [6, 6.07) is 8.12. The summed E-state index contributed by atoms with van der Waals surface area (Å²) in [6.07, 6.45) is 5.29. The Morgan fingerprint density at radius 3 is 2.77 bits per heavy atom. The molecule has 2 heterocycles. The smallest absolute Gasteiger partial charge is 0.145 e. The summed E-state index contributed by atoms with van der Waals surface area (Å²) in [7, 11) is 1.61. The van der Waals surface area contributed by atoms with Gasteiger partial charge in [-0.3, -0.25) is 4.90 Å². The van der Waals surface area contributed by atoms with E-state index in [0.717, 1.165) is 37.9 Å². The molecule has 1 fully saturated rings. The van der Waals surface area contributed by atoms with Crippen molar-refractivity contribution in [3.8, 4) is 11.5 Å². The first kappa shape index (κ1) is 21.3. The van der Waals surface area contributed by atoms with Gasteiger partial charge < -0.3 is 14.8 Å². The highest BCUT2D eigenvalue weighted by Gasteiger charge is 2.22. The van der Waals surface area contributed by atoms with Crippen LogP contribution in [0.4, 0.5) is 15.9 Å². The Balaban J connectivity index is 1.66. The van der Waals surface area contributed by atoms with Crippen LogP contribution in [0.25, 0.3) is 10.9 Å². The Kier molecular flexibility index (Phi) is 6.53. The lowest BCUT2D eigenvalue weighted by molar-refractivity contribution is 0.108. The molecule has 4 rings (SSSR count). The molecule has 2 aromatic carbocycles. The molecular weight excluding hydrogens is 419 g/mol. The molecule has 0 aliphatic carbocycles. The molecule has 1 aromatic heterocycles. The number of likely N-dealkylation sites (tertiary alicyclic amines) is 1. The van der Waals surface area contributed by atoms with Crippen LogP contribution < -0.4 is 14.8 Å². The SMILES string of the molecule is C=CCN1CCC(Oc2cc(OC)cc3ncnc(Nc4ccc(F)c(Cl)c4)c23)CC1. The van der Waals surface area contributed by atoms with Gasteiger partial charge in [-0.15, -0.1) is 6.58 Å². The number of nitrogens with one attached hydrogen (secondary N) is 1. The van der Waals surface area contributed by atoms with Crippen LogP contribution in [0.5, 0.6) is 11.5 Å². The van der Waals surface area contributed by atoms with Crippen molar-refractivity contribution in [2.24, 2.45) is 0 Å². The number of ether oxygens (including phenoxy) is 2. The lowest BCUT2D eigenvalue weighted by Crippen LogP contribution is -2.38. The van der Waals surface area contributed by atoms with Crippen LogP contribution in [-0.2, 0) is 0 Å². The summed E-state index contributed by atoms with van der Waals surface area (Å²) in [5, 5.41) is 3.98. The maximum absolute atomic E-state index is 13.5. The van der Waals surface area contributed by atoms with Crippen molar-refractivity contribution in [1.29, 1.82) is 0 Å². The minimum atomic E-state index is -0.476. The minimum Gasteiger partial charge on any atom is -0.497 e. The quantitative estimate of drug-likeness (QED) is 0.507. The number of nitrogens with zero attached hydrogens (tertiary/aromatic N) is 3. The van der Waals surface area contributed by atoms with Gasteiger partial charge in [-0.2, -0.15) is 0 Å². The lowest BCUT2D eigenvalue weighted by atomic mass is 10.1. The monoisotopic (exact) mass is 442 g/mol. The topological polar surface area (TPSA) is 59.5 Å². The van der Waals surface area contributed by atoms with E-state index in [4.69, 9.17) is 21.1 Å². The third-order valence-electron chi connectivity index (χ3n) is 5.31. The van der Waals surface area contributed by atoms with Crippen LogP contribution in [0.1, 0.15) is 12.8 Å². The van der Waals surface area contributed by atoms with E-state index in [1.54, 1.807) is 13.2 Å². The summed E-state index contributed by atoms with van der Waals surface area (Å²) >= 11 is 5.93. The molecule has 0 spiro atoms. The Bertz CT molecular complexity index is 1090. The number of benzene rings is 2.